The molecule has 1 aromatic rings. The van der Waals surface area contributed by atoms with Crippen molar-refractivity contribution in [3.63, 3.8) is 0 Å². The van der Waals surface area contributed by atoms with Gasteiger partial charge in [0.2, 0.25) is 15.9 Å². The Hall–Kier alpha value is -1.44. The Labute approximate surface area is 131 Å². The summed E-state index contributed by atoms with van der Waals surface area (Å²) in [7, 11) is -3.67. The van der Waals surface area contributed by atoms with Crippen molar-refractivity contribution in [2.24, 2.45) is 11.7 Å². The molecule has 0 aliphatic carbocycles. The third-order valence-corrected chi connectivity index (χ3v) is 5.71. The lowest BCUT2D eigenvalue weighted by Gasteiger charge is -2.17. The van der Waals surface area contributed by atoms with E-state index < -0.39 is 15.9 Å². The molecular weight excluding hydrogens is 302 g/mol. The van der Waals surface area contributed by atoms with Crippen molar-refractivity contribution >= 4 is 15.9 Å². The molecule has 2 atom stereocenters. The Kier molecular flexibility index (Phi) is 4.89. The van der Waals surface area contributed by atoms with Crippen molar-refractivity contribution < 1.29 is 13.2 Å². The summed E-state index contributed by atoms with van der Waals surface area (Å²) in [5.74, 6) is -0.378. The number of rotatable bonds is 5. The van der Waals surface area contributed by atoms with Crippen molar-refractivity contribution in [2.75, 3.05) is 19.6 Å². The minimum absolute atomic E-state index is 0.0778. The first-order chi connectivity index (χ1) is 10.2. The van der Waals surface area contributed by atoms with E-state index in [1.165, 1.54) is 12.1 Å². The predicted molar refractivity (Wildman–Crippen MR) is 85.1 cm³/mol. The van der Waals surface area contributed by atoms with E-state index in [0.29, 0.717) is 12.1 Å². The van der Waals surface area contributed by atoms with Crippen LogP contribution >= 0.6 is 0 Å². The van der Waals surface area contributed by atoms with E-state index in [0.717, 1.165) is 13.1 Å². The van der Waals surface area contributed by atoms with Gasteiger partial charge in [-0.15, -0.1) is 0 Å². The van der Waals surface area contributed by atoms with Crippen LogP contribution in [0.3, 0.4) is 0 Å². The standard InChI is InChI=1S/C15H23N3O3S/c1-4-18-8-11(3)14(9-18)17-22(20,21)12-6-5-10(2)13(7-12)15(16)19/h5-7,11,14,17H,4,8-9H2,1-3H3,(H2,16,19). The second-order valence-electron chi connectivity index (χ2n) is 5.90. The van der Waals surface area contributed by atoms with Crippen molar-refractivity contribution in [3.05, 3.63) is 29.3 Å². The molecule has 1 heterocycles. The van der Waals surface area contributed by atoms with Gasteiger partial charge in [0, 0.05) is 24.7 Å². The highest BCUT2D eigenvalue weighted by Crippen LogP contribution is 2.20. The molecule has 0 spiro atoms. The zero-order valence-electron chi connectivity index (χ0n) is 13.2. The first-order valence-corrected chi connectivity index (χ1v) is 8.88. The van der Waals surface area contributed by atoms with Gasteiger partial charge in [0.15, 0.2) is 0 Å². The third kappa shape index (κ3) is 3.48. The number of aryl methyl sites for hydroxylation is 1. The highest BCUT2D eigenvalue weighted by atomic mass is 32.2. The van der Waals surface area contributed by atoms with Crippen LogP contribution in [-0.2, 0) is 10.0 Å². The average Bonchev–Trinajstić information content (AvgIpc) is 2.78. The molecule has 22 heavy (non-hydrogen) atoms. The number of sulfonamides is 1. The first kappa shape index (κ1) is 16.9. The van der Waals surface area contributed by atoms with Gasteiger partial charge in [-0.1, -0.05) is 19.9 Å². The number of primary amides is 1. The number of likely N-dealkylation sites (tertiary alicyclic amines) is 1. The average molecular weight is 325 g/mol. The Bertz CT molecular complexity index is 673. The van der Waals surface area contributed by atoms with Crippen molar-refractivity contribution in [2.45, 2.75) is 31.7 Å². The van der Waals surface area contributed by atoms with Gasteiger partial charge >= 0.3 is 0 Å². The molecule has 3 N–H and O–H groups in total. The monoisotopic (exact) mass is 325 g/mol. The van der Waals surface area contributed by atoms with Crippen molar-refractivity contribution in [3.8, 4) is 0 Å². The number of benzene rings is 1. The van der Waals surface area contributed by atoms with Crippen LogP contribution in [0.2, 0.25) is 0 Å². The van der Waals surface area contributed by atoms with E-state index in [-0.39, 0.29) is 22.4 Å². The summed E-state index contributed by atoms with van der Waals surface area (Å²) >= 11 is 0. The van der Waals surface area contributed by atoms with Crippen LogP contribution in [-0.4, -0.2) is 44.9 Å². The van der Waals surface area contributed by atoms with Gasteiger partial charge in [-0.05, 0) is 37.1 Å². The van der Waals surface area contributed by atoms with Gasteiger partial charge in [-0.25, -0.2) is 13.1 Å². The summed E-state index contributed by atoms with van der Waals surface area (Å²) in [6.45, 7) is 8.30. The first-order valence-electron chi connectivity index (χ1n) is 7.39. The largest absolute Gasteiger partial charge is 0.366 e. The number of nitrogens with two attached hydrogens (primary N) is 1. The fraction of sp³-hybridized carbons (Fsp3) is 0.533. The lowest BCUT2D eigenvalue weighted by molar-refractivity contribution is 0.0999. The molecule has 0 bridgehead atoms. The molecule has 1 aliphatic heterocycles. The second kappa shape index (κ2) is 6.36. The second-order valence-corrected chi connectivity index (χ2v) is 7.61. The van der Waals surface area contributed by atoms with Crippen LogP contribution < -0.4 is 10.5 Å². The number of carbonyl (C=O) groups excluding carboxylic acids is 1. The van der Waals surface area contributed by atoms with Crippen molar-refractivity contribution in [1.82, 2.24) is 9.62 Å². The quantitative estimate of drug-likeness (QED) is 0.834. The van der Waals surface area contributed by atoms with Gasteiger partial charge < -0.3 is 10.6 Å². The van der Waals surface area contributed by atoms with Crippen LogP contribution in [0.1, 0.15) is 29.8 Å². The fourth-order valence-electron chi connectivity index (χ4n) is 2.78. The van der Waals surface area contributed by atoms with Crippen LogP contribution in [0.4, 0.5) is 0 Å². The highest BCUT2D eigenvalue weighted by Gasteiger charge is 2.32. The summed E-state index contributed by atoms with van der Waals surface area (Å²) in [5.41, 5.74) is 6.19. The molecule has 0 saturated carbocycles. The molecule has 0 aromatic heterocycles. The minimum Gasteiger partial charge on any atom is -0.366 e. The smallest absolute Gasteiger partial charge is 0.249 e. The maximum absolute atomic E-state index is 12.5. The molecule has 2 unspecified atom stereocenters. The summed E-state index contributed by atoms with van der Waals surface area (Å²) in [4.78, 5) is 13.7. The van der Waals surface area contributed by atoms with Gasteiger partial charge in [0.1, 0.15) is 0 Å². The summed E-state index contributed by atoms with van der Waals surface area (Å²) < 4.78 is 27.8. The van der Waals surface area contributed by atoms with Crippen LogP contribution in [0.25, 0.3) is 0 Å². The molecule has 6 nitrogen and oxygen atoms in total. The number of hydrogen-bond donors (Lipinski definition) is 2. The molecule has 2 rings (SSSR count). The Morgan fingerprint density at radius 1 is 1.41 bits per heavy atom. The lowest BCUT2D eigenvalue weighted by Crippen LogP contribution is -2.39. The number of nitrogens with one attached hydrogen (secondary N) is 1. The fourth-order valence-corrected chi connectivity index (χ4v) is 4.14. The SMILES string of the molecule is CCN1CC(C)C(NS(=O)(=O)c2ccc(C)c(C(N)=O)c2)C1. The molecule has 1 saturated heterocycles. The molecule has 1 aliphatic rings. The minimum atomic E-state index is -3.67. The molecule has 7 heteroatoms. The van der Waals surface area contributed by atoms with Crippen molar-refractivity contribution in [1.29, 1.82) is 0 Å². The van der Waals surface area contributed by atoms with Gasteiger partial charge in [0.25, 0.3) is 0 Å². The zero-order valence-corrected chi connectivity index (χ0v) is 14.0. The Morgan fingerprint density at radius 2 is 2.09 bits per heavy atom. The summed E-state index contributed by atoms with van der Waals surface area (Å²) in [5, 5.41) is 0. The normalized spacial score (nSPS) is 22.9. The molecule has 1 amide bonds. The van der Waals surface area contributed by atoms with E-state index in [2.05, 4.69) is 16.5 Å². The molecule has 1 fully saturated rings. The summed E-state index contributed by atoms with van der Waals surface area (Å²) in [6, 6.07) is 4.33. The number of amides is 1. The number of nitrogens with zero attached hydrogens (tertiary/aromatic N) is 1. The number of carbonyl (C=O) groups is 1. The van der Waals surface area contributed by atoms with Crippen LogP contribution in [0, 0.1) is 12.8 Å². The molecule has 0 radical (unpaired) electrons. The summed E-state index contributed by atoms with van der Waals surface area (Å²) in [6.07, 6.45) is 0. The van der Waals surface area contributed by atoms with E-state index >= 15 is 0 Å². The van der Waals surface area contributed by atoms with E-state index in [1.54, 1.807) is 13.0 Å². The van der Waals surface area contributed by atoms with Gasteiger partial charge in [0.05, 0.1) is 4.90 Å². The Balaban J connectivity index is 2.24. The topological polar surface area (TPSA) is 92.5 Å². The number of likely N-dealkylation sites (N-methyl/N-ethyl adjacent to an activating group) is 1. The van der Waals surface area contributed by atoms with E-state index in [9.17, 15) is 13.2 Å². The Morgan fingerprint density at radius 3 is 2.64 bits per heavy atom. The molecule has 122 valence electrons. The molecule has 1 aromatic carbocycles. The van der Waals surface area contributed by atoms with Gasteiger partial charge in [-0.2, -0.15) is 0 Å². The molecular formula is C15H23N3O3S. The number of hydrogen-bond acceptors (Lipinski definition) is 4. The maximum Gasteiger partial charge on any atom is 0.249 e. The third-order valence-electron chi connectivity index (χ3n) is 4.23. The van der Waals surface area contributed by atoms with Gasteiger partial charge in [-0.3, -0.25) is 4.79 Å². The van der Waals surface area contributed by atoms with Crippen LogP contribution in [0.5, 0.6) is 0 Å². The van der Waals surface area contributed by atoms with E-state index in [1.807, 2.05) is 6.92 Å². The predicted octanol–water partition coefficient (Wildman–Crippen LogP) is 0.712. The zero-order chi connectivity index (χ0) is 16.5. The highest BCUT2D eigenvalue weighted by molar-refractivity contribution is 7.89. The maximum atomic E-state index is 12.5. The van der Waals surface area contributed by atoms with E-state index in [4.69, 9.17) is 5.73 Å². The lowest BCUT2D eigenvalue weighted by atomic mass is 10.1. The van der Waals surface area contributed by atoms with Crippen LogP contribution in [0.15, 0.2) is 23.1 Å².